The summed E-state index contributed by atoms with van der Waals surface area (Å²) in [5, 5.41) is 7.17. The number of anilines is 1. The van der Waals surface area contributed by atoms with Crippen molar-refractivity contribution in [3.05, 3.63) is 52.3 Å². The van der Waals surface area contributed by atoms with Gasteiger partial charge in [-0.05, 0) is 19.1 Å². The maximum atomic E-state index is 13.8. The summed E-state index contributed by atoms with van der Waals surface area (Å²) in [5.74, 6) is -1.53. The smallest absolute Gasteiger partial charge is 0.434 e. The van der Waals surface area contributed by atoms with E-state index in [9.17, 15) is 22.8 Å². The number of carbonyl (C=O) groups excluding carboxylic acids is 2. The van der Waals surface area contributed by atoms with E-state index in [-0.39, 0.29) is 17.3 Å². The number of rotatable bonds is 3. The first-order valence-corrected chi connectivity index (χ1v) is 8.51. The van der Waals surface area contributed by atoms with Crippen molar-refractivity contribution in [3.63, 3.8) is 0 Å². The maximum absolute atomic E-state index is 13.8. The molecule has 1 aromatic heterocycles. The van der Waals surface area contributed by atoms with Gasteiger partial charge in [-0.15, -0.1) is 0 Å². The Morgan fingerprint density at radius 2 is 2.11 bits per heavy atom. The molecule has 10 heteroatoms. The highest BCUT2D eigenvalue weighted by Gasteiger charge is 2.41. The topological polar surface area (TPSA) is 73.2 Å². The SMILES string of the molecule is CCOC(=O)c1cnn(-c2cc(Cl)c3c4c(cccc24)C(=O)N3)c1C(F)(F)F. The number of nitrogens with one attached hydrogen (secondary N) is 1. The normalized spacial score (nSPS) is 13.1. The first-order chi connectivity index (χ1) is 13.2. The van der Waals surface area contributed by atoms with Crippen molar-refractivity contribution in [1.29, 1.82) is 0 Å². The van der Waals surface area contributed by atoms with Gasteiger partial charge in [0, 0.05) is 16.3 Å². The van der Waals surface area contributed by atoms with Gasteiger partial charge in [0.1, 0.15) is 5.56 Å². The second-order valence-electron chi connectivity index (χ2n) is 5.97. The molecule has 2 heterocycles. The minimum atomic E-state index is -4.89. The highest BCUT2D eigenvalue weighted by molar-refractivity contribution is 6.39. The van der Waals surface area contributed by atoms with Gasteiger partial charge in [0.05, 0.1) is 29.2 Å². The first kappa shape index (κ1) is 18.3. The molecule has 4 rings (SSSR count). The van der Waals surface area contributed by atoms with Crippen LogP contribution >= 0.6 is 11.6 Å². The molecule has 28 heavy (non-hydrogen) atoms. The standard InChI is InChI=1S/C18H11ClF3N3O3/c1-2-28-17(27)10-7-23-25(15(10)18(20,21)22)12-6-11(19)14-13-8(12)4-3-5-9(13)16(26)24-14/h3-7H,2H2,1H3,(H,24,26). The molecule has 0 unspecified atom stereocenters. The summed E-state index contributed by atoms with van der Waals surface area (Å²) in [7, 11) is 0. The lowest BCUT2D eigenvalue weighted by atomic mass is 10.0. The van der Waals surface area contributed by atoms with E-state index in [4.69, 9.17) is 16.3 Å². The Kier molecular flexibility index (Phi) is 4.07. The summed E-state index contributed by atoms with van der Waals surface area (Å²) < 4.78 is 46.7. The molecule has 2 aromatic carbocycles. The molecular formula is C18H11ClF3N3O3. The van der Waals surface area contributed by atoms with Crippen molar-refractivity contribution in [3.8, 4) is 5.69 Å². The van der Waals surface area contributed by atoms with Gasteiger partial charge >= 0.3 is 12.1 Å². The summed E-state index contributed by atoms with van der Waals surface area (Å²) >= 11 is 6.21. The van der Waals surface area contributed by atoms with Crippen LogP contribution in [0.5, 0.6) is 0 Å². The zero-order valence-corrected chi connectivity index (χ0v) is 15.0. The molecule has 1 N–H and O–H groups in total. The average molecular weight is 410 g/mol. The van der Waals surface area contributed by atoms with Crippen LogP contribution < -0.4 is 5.32 Å². The number of nitrogens with zero attached hydrogens (tertiary/aromatic N) is 2. The molecule has 0 bridgehead atoms. The number of aromatic nitrogens is 2. The van der Waals surface area contributed by atoms with Gasteiger partial charge < -0.3 is 10.1 Å². The number of carbonyl (C=O) groups is 2. The zero-order chi connectivity index (χ0) is 20.2. The highest BCUT2D eigenvalue weighted by atomic mass is 35.5. The first-order valence-electron chi connectivity index (χ1n) is 8.13. The molecule has 6 nitrogen and oxygen atoms in total. The minimum Gasteiger partial charge on any atom is -0.462 e. The second-order valence-corrected chi connectivity index (χ2v) is 6.38. The molecule has 3 aromatic rings. The van der Waals surface area contributed by atoms with Crippen LogP contribution in [0.2, 0.25) is 5.02 Å². The van der Waals surface area contributed by atoms with E-state index in [1.54, 1.807) is 18.2 Å². The third-order valence-electron chi connectivity index (χ3n) is 4.34. The van der Waals surface area contributed by atoms with Gasteiger partial charge in [-0.2, -0.15) is 18.3 Å². The Bertz CT molecular complexity index is 1150. The summed E-state index contributed by atoms with van der Waals surface area (Å²) in [6, 6.07) is 5.92. The van der Waals surface area contributed by atoms with Gasteiger partial charge in [-0.25, -0.2) is 9.48 Å². The van der Waals surface area contributed by atoms with Crippen molar-refractivity contribution in [1.82, 2.24) is 9.78 Å². The monoisotopic (exact) mass is 409 g/mol. The number of benzene rings is 2. The molecule has 0 radical (unpaired) electrons. The van der Waals surface area contributed by atoms with Crippen molar-refractivity contribution in [2.24, 2.45) is 0 Å². The lowest BCUT2D eigenvalue weighted by molar-refractivity contribution is -0.143. The number of esters is 1. The Morgan fingerprint density at radius 3 is 2.79 bits per heavy atom. The molecule has 0 aliphatic carbocycles. The number of hydrogen-bond acceptors (Lipinski definition) is 4. The van der Waals surface area contributed by atoms with E-state index in [1.165, 1.54) is 13.0 Å². The Labute approximate surface area is 160 Å². The summed E-state index contributed by atoms with van der Waals surface area (Å²) in [6.07, 6.45) is -4.08. The van der Waals surface area contributed by atoms with Crippen LogP contribution in [0.1, 0.15) is 33.3 Å². The third-order valence-corrected chi connectivity index (χ3v) is 4.64. The molecular weight excluding hydrogens is 399 g/mol. The number of alkyl halides is 3. The molecule has 0 saturated heterocycles. The Hall–Kier alpha value is -3.07. The van der Waals surface area contributed by atoms with Gasteiger partial charge in [0.2, 0.25) is 0 Å². The second kappa shape index (κ2) is 6.23. The molecule has 144 valence electrons. The van der Waals surface area contributed by atoms with E-state index < -0.39 is 29.3 Å². The van der Waals surface area contributed by atoms with E-state index in [1.807, 2.05) is 0 Å². The van der Waals surface area contributed by atoms with E-state index in [0.717, 1.165) is 6.20 Å². The molecule has 1 aliphatic rings. The van der Waals surface area contributed by atoms with Crippen molar-refractivity contribution >= 4 is 39.9 Å². The highest BCUT2D eigenvalue weighted by Crippen LogP contribution is 2.43. The van der Waals surface area contributed by atoms with Crippen LogP contribution in [-0.4, -0.2) is 28.3 Å². The summed E-state index contributed by atoms with van der Waals surface area (Å²) in [6.45, 7) is 1.41. The summed E-state index contributed by atoms with van der Waals surface area (Å²) in [5.41, 5.74) is -1.37. The zero-order valence-electron chi connectivity index (χ0n) is 14.2. The largest absolute Gasteiger partial charge is 0.462 e. The van der Waals surface area contributed by atoms with Crippen LogP contribution in [-0.2, 0) is 10.9 Å². The van der Waals surface area contributed by atoms with Crippen molar-refractivity contribution < 1.29 is 27.5 Å². The van der Waals surface area contributed by atoms with Gasteiger partial charge in [-0.1, -0.05) is 23.7 Å². The van der Waals surface area contributed by atoms with E-state index >= 15 is 0 Å². The van der Waals surface area contributed by atoms with Crippen molar-refractivity contribution in [2.75, 3.05) is 11.9 Å². The average Bonchev–Trinajstić information content (AvgIpc) is 3.21. The quantitative estimate of drug-likeness (QED) is 0.649. The van der Waals surface area contributed by atoms with Crippen LogP contribution in [0, 0.1) is 0 Å². The van der Waals surface area contributed by atoms with Crippen LogP contribution in [0.15, 0.2) is 30.5 Å². The number of halogens is 4. The lowest BCUT2D eigenvalue weighted by Gasteiger charge is -2.15. The summed E-state index contributed by atoms with van der Waals surface area (Å²) in [4.78, 5) is 24.1. The lowest BCUT2D eigenvalue weighted by Crippen LogP contribution is -2.18. The minimum absolute atomic E-state index is 0.00928. The van der Waals surface area contributed by atoms with E-state index in [2.05, 4.69) is 10.4 Å². The van der Waals surface area contributed by atoms with Gasteiger partial charge in [0.15, 0.2) is 5.69 Å². The number of hydrogen-bond donors (Lipinski definition) is 1. The predicted molar refractivity (Wildman–Crippen MR) is 95.0 cm³/mol. The number of ether oxygens (including phenoxy) is 1. The molecule has 1 amide bonds. The molecule has 0 fully saturated rings. The molecule has 0 saturated carbocycles. The van der Waals surface area contributed by atoms with Crippen molar-refractivity contribution in [2.45, 2.75) is 13.1 Å². The maximum Gasteiger partial charge on any atom is 0.434 e. The molecule has 1 aliphatic heterocycles. The predicted octanol–water partition coefficient (Wildman–Crippen LogP) is 4.44. The number of amides is 1. The van der Waals surface area contributed by atoms with Gasteiger partial charge in [0.25, 0.3) is 5.91 Å². The van der Waals surface area contributed by atoms with Crippen LogP contribution in [0.3, 0.4) is 0 Å². The van der Waals surface area contributed by atoms with E-state index in [0.29, 0.717) is 26.7 Å². The van der Waals surface area contributed by atoms with Gasteiger partial charge in [-0.3, -0.25) is 4.79 Å². The fraction of sp³-hybridized carbons (Fsp3) is 0.167. The fourth-order valence-electron chi connectivity index (χ4n) is 3.25. The molecule has 0 atom stereocenters. The van der Waals surface area contributed by atoms with Crippen LogP contribution in [0.4, 0.5) is 18.9 Å². The Balaban J connectivity index is 2.04. The third kappa shape index (κ3) is 2.62. The molecule has 0 spiro atoms. The van der Waals surface area contributed by atoms with Crippen LogP contribution in [0.25, 0.3) is 16.5 Å². The fourth-order valence-corrected chi connectivity index (χ4v) is 3.50. The Morgan fingerprint density at radius 1 is 1.36 bits per heavy atom.